The molecule has 3 nitrogen and oxygen atoms in total. The molecule has 0 bridgehead atoms. The molecule has 0 aliphatic carbocycles. The van der Waals surface area contributed by atoms with Gasteiger partial charge in [0.05, 0.1) is 6.10 Å². The molecule has 0 fully saturated rings. The molecular formula is C20H25NO2. The Labute approximate surface area is 138 Å². The van der Waals surface area contributed by atoms with E-state index in [1.165, 1.54) is 0 Å². The Balaban J connectivity index is 2.44. The van der Waals surface area contributed by atoms with Gasteiger partial charge in [0.2, 0.25) is 0 Å². The molecule has 2 rings (SSSR count). The number of hydrogen-bond donors (Lipinski definition) is 1. The Morgan fingerprint density at radius 1 is 1.00 bits per heavy atom. The van der Waals surface area contributed by atoms with Crippen LogP contribution in [-0.4, -0.2) is 11.9 Å². The van der Waals surface area contributed by atoms with Crippen molar-refractivity contribution in [2.24, 2.45) is 0 Å². The third kappa shape index (κ3) is 4.13. The van der Waals surface area contributed by atoms with Gasteiger partial charge in [0, 0.05) is 22.4 Å². The summed E-state index contributed by atoms with van der Waals surface area (Å²) >= 11 is 0. The van der Waals surface area contributed by atoms with E-state index in [-0.39, 0.29) is 17.3 Å². The molecule has 0 aromatic heterocycles. The van der Waals surface area contributed by atoms with E-state index in [9.17, 15) is 4.79 Å². The standard InChI is InChI=1S/C20H25NO2/c1-13(2)23-18-11-8-15(12-17(18)20(3,4)5)19(22)14-6-9-16(21)10-7-14/h6-13H,21H2,1-5H3. The molecule has 0 saturated carbocycles. The largest absolute Gasteiger partial charge is 0.491 e. The fraction of sp³-hybridized carbons (Fsp3) is 0.350. The SMILES string of the molecule is CC(C)Oc1ccc(C(=O)c2ccc(N)cc2)cc1C(C)(C)C. The van der Waals surface area contributed by atoms with Crippen LogP contribution in [0.25, 0.3) is 0 Å². The maximum absolute atomic E-state index is 12.7. The number of ketones is 1. The van der Waals surface area contributed by atoms with Crippen LogP contribution < -0.4 is 10.5 Å². The third-order valence-electron chi connectivity index (χ3n) is 3.59. The number of benzene rings is 2. The van der Waals surface area contributed by atoms with Gasteiger partial charge in [-0.3, -0.25) is 4.79 Å². The van der Waals surface area contributed by atoms with Gasteiger partial charge in [-0.1, -0.05) is 20.8 Å². The lowest BCUT2D eigenvalue weighted by Gasteiger charge is -2.24. The van der Waals surface area contributed by atoms with Gasteiger partial charge in [-0.05, 0) is 61.7 Å². The average molecular weight is 311 g/mol. The highest BCUT2D eigenvalue weighted by Gasteiger charge is 2.22. The van der Waals surface area contributed by atoms with Crippen molar-refractivity contribution in [2.45, 2.75) is 46.1 Å². The van der Waals surface area contributed by atoms with Crippen LogP contribution in [-0.2, 0) is 5.41 Å². The zero-order chi connectivity index (χ0) is 17.2. The van der Waals surface area contributed by atoms with Crippen LogP contribution in [0.2, 0.25) is 0 Å². The summed E-state index contributed by atoms with van der Waals surface area (Å²) in [5.74, 6) is 0.827. The summed E-state index contributed by atoms with van der Waals surface area (Å²) in [7, 11) is 0. The molecular weight excluding hydrogens is 286 g/mol. The molecule has 0 heterocycles. The number of anilines is 1. The van der Waals surface area contributed by atoms with E-state index >= 15 is 0 Å². The van der Waals surface area contributed by atoms with Crippen molar-refractivity contribution in [1.29, 1.82) is 0 Å². The fourth-order valence-corrected chi connectivity index (χ4v) is 2.42. The Kier molecular flexibility index (Phi) is 4.79. The molecule has 122 valence electrons. The second kappa shape index (κ2) is 6.45. The first kappa shape index (κ1) is 17.1. The molecule has 2 aromatic carbocycles. The second-order valence-electron chi connectivity index (χ2n) is 7.08. The predicted molar refractivity (Wildman–Crippen MR) is 95.2 cm³/mol. The van der Waals surface area contributed by atoms with Crippen molar-refractivity contribution in [1.82, 2.24) is 0 Å². The maximum atomic E-state index is 12.7. The quantitative estimate of drug-likeness (QED) is 0.664. The van der Waals surface area contributed by atoms with E-state index in [1.807, 2.05) is 32.0 Å². The van der Waals surface area contributed by atoms with Gasteiger partial charge in [0.25, 0.3) is 0 Å². The normalized spacial score (nSPS) is 11.6. The number of ether oxygens (including phenoxy) is 1. The van der Waals surface area contributed by atoms with Crippen molar-refractivity contribution in [2.75, 3.05) is 5.73 Å². The summed E-state index contributed by atoms with van der Waals surface area (Å²) in [6.07, 6.45) is 0.0924. The molecule has 0 unspecified atom stereocenters. The van der Waals surface area contributed by atoms with E-state index in [0.29, 0.717) is 16.8 Å². The van der Waals surface area contributed by atoms with Crippen molar-refractivity contribution < 1.29 is 9.53 Å². The lowest BCUT2D eigenvalue weighted by atomic mass is 9.84. The number of hydrogen-bond acceptors (Lipinski definition) is 3. The number of nitrogen functional groups attached to an aromatic ring is 1. The Bertz CT molecular complexity index is 695. The topological polar surface area (TPSA) is 52.3 Å². The molecule has 0 spiro atoms. The van der Waals surface area contributed by atoms with Crippen molar-refractivity contribution >= 4 is 11.5 Å². The lowest BCUT2D eigenvalue weighted by Crippen LogP contribution is -2.17. The molecule has 2 N–H and O–H groups in total. The second-order valence-corrected chi connectivity index (χ2v) is 7.08. The van der Waals surface area contributed by atoms with E-state index < -0.39 is 0 Å². The minimum Gasteiger partial charge on any atom is -0.491 e. The van der Waals surface area contributed by atoms with Crippen LogP contribution in [0.3, 0.4) is 0 Å². The lowest BCUT2D eigenvalue weighted by molar-refractivity contribution is 0.103. The van der Waals surface area contributed by atoms with Gasteiger partial charge in [0.1, 0.15) is 5.75 Å². The smallest absolute Gasteiger partial charge is 0.193 e. The van der Waals surface area contributed by atoms with Gasteiger partial charge in [-0.15, -0.1) is 0 Å². The highest BCUT2D eigenvalue weighted by Crippen LogP contribution is 2.33. The maximum Gasteiger partial charge on any atom is 0.193 e. The van der Waals surface area contributed by atoms with Gasteiger partial charge >= 0.3 is 0 Å². The van der Waals surface area contributed by atoms with E-state index in [2.05, 4.69) is 20.8 Å². The zero-order valence-corrected chi connectivity index (χ0v) is 14.5. The first-order chi connectivity index (χ1) is 10.7. The molecule has 0 radical (unpaired) electrons. The van der Waals surface area contributed by atoms with Crippen LogP contribution in [0.1, 0.15) is 56.1 Å². The van der Waals surface area contributed by atoms with Crippen LogP contribution in [0.5, 0.6) is 5.75 Å². The Morgan fingerprint density at radius 3 is 2.09 bits per heavy atom. The highest BCUT2D eigenvalue weighted by molar-refractivity contribution is 6.09. The summed E-state index contributed by atoms with van der Waals surface area (Å²) < 4.78 is 5.90. The zero-order valence-electron chi connectivity index (χ0n) is 14.5. The molecule has 3 heteroatoms. The van der Waals surface area contributed by atoms with Crippen LogP contribution in [0, 0.1) is 0 Å². The van der Waals surface area contributed by atoms with Gasteiger partial charge in [-0.25, -0.2) is 0 Å². The van der Waals surface area contributed by atoms with Crippen molar-refractivity contribution in [3.63, 3.8) is 0 Å². The molecule has 23 heavy (non-hydrogen) atoms. The van der Waals surface area contributed by atoms with Crippen molar-refractivity contribution in [3.05, 3.63) is 59.2 Å². The first-order valence-electron chi connectivity index (χ1n) is 7.90. The van der Waals surface area contributed by atoms with E-state index in [4.69, 9.17) is 10.5 Å². The first-order valence-corrected chi connectivity index (χ1v) is 7.90. The van der Waals surface area contributed by atoms with Crippen LogP contribution in [0.4, 0.5) is 5.69 Å². The monoisotopic (exact) mass is 311 g/mol. The third-order valence-corrected chi connectivity index (χ3v) is 3.59. The van der Waals surface area contributed by atoms with Gasteiger partial charge < -0.3 is 10.5 Å². The molecule has 0 amide bonds. The fourth-order valence-electron chi connectivity index (χ4n) is 2.42. The summed E-state index contributed by atoms with van der Waals surface area (Å²) in [4.78, 5) is 12.7. The van der Waals surface area contributed by atoms with Gasteiger partial charge in [-0.2, -0.15) is 0 Å². The average Bonchev–Trinajstić information content (AvgIpc) is 2.46. The van der Waals surface area contributed by atoms with Crippen LogP contribution in [0.15, 0.2) is 42.5 Å². The number of rotatable bonds is 4. The highest BCUT2D eigenvalue weighted by atomic mass is 16.5. The van der Waals surface area contributed by atoms with E-state index in [0.717, 1.165) is 11.3 Å². The summed E-state index contributed by atoms with van der Waals surface area (Å²) in [6, 6.07) is 12.7. The summed E-state index contributed by atoms with van der Waals surface area (Å²) in [6.45, 7) is 10.4. The molecule has 2 aromatic rings. The number of carbonyl (C=O) groups excluding carboxylic acids is 1. The van der Waals surface area contributed by atoms with Crippen molar-refractivity contribution in [3.8, 4) is 5.75 Å². The molecule has 0 saturated heterocycles. The predicted octanol–water partition coefficient (Wildman–Crippen LogP) is 4.58. The minimum absolute atomic E-state index is 0.00778. The summed E-state index contributed by atoms with van der Waals surface area (Å²) in [5, 5.41) is 0. The van der Waals surface area contributed by atoms with E-state index in [1.54, 1.807) is 24.3 Å². The summed E-state index contributed by atoms with van der Waals surface area (Å²) in [5.41, 5.74) is 8.56. The van der Waals surface area contributed by atoms with Crippen LogP contribution >= 0.6 is 0 Å². The molecule has 0 atom stereocenters. The van der Waals surface area contributed by atoms with Gasteiger partial charge in [0.15, 0.2) is 5.78 Å². The molecule has 0 aliphatic rings. The Morgan fingerprint density at radius 2 is 1.57 bits per heavy atom. The number of carbonyl (C=O) groups is 1. The minimum atomic E-state index is -0.109. The Hall–Kier alpha value is -2.29. The number of nitrogens with two attached hydrogens (primary N) is 1. The molecule has 0 aliphatic heterocycles.